The average Bonchev–Trinajstić information content (AvgIpc) is 3.02. The number of ether oxygens (including phenoxy) is 1. The lowest BCUT2D eigenvalue weighted by Gasteiger charge is -2.13. The van der Waals surface area contributed by atoms with E-state index in [-0.39, 0.29) is 0 Å². The van der Waals surface area contributed by atoms with Gasteiger partial charge in [0, 0.05) is 12.3 Å². The van der Waals surface area contributed by atoms with Gasteiger partial charge in [0.05, 0.1) is 24.3 Å². The molecule has 0 unspecified atom stereocenters. The zero-order valence-electron chi connectivity index (χ0n) is 12.5. The van der Waals surface area contributed by atoms with Gasteiger partial charge in [0.1, 0.15) is 11.5 Å². The highest BCUT2D eigenvalue weighted by atomic mass is 32.2. The molecule has 1 heterocycles. The molecule has 0 saturated heterocycles. The van der Waals surface area contributed by atoms with E-state index in [1.807, 2.05) is 43.3 Å². The van der Waals surface area contributed by atoms with Gasteiger partial charge in [-0.25, -0.2) is 0 Å². The molecule has 2 N–H and O–H groups in total. The van der Waals surface area contributed by atoms with E-state index in [0.29, 0.717) is 11.7 Å². The number of para-hydroxylation sites is 2. The predicted octanol–water partition coefficient (Wildman–Crippen LogP) is 3.90. The molecule has 0 radical (unpaired) electrons. The third kappa shape index (κ3) is 5.61. The molecule has 0 aliphatic carbocycles. The molecule has 1 aromatic carbocycles. The number of furan rings is 1. The Labute approximate surface area is 140 Å². The molecule has 22 heavy (non-hydrogen) atoms. The third-order valence-corrected chi connectivity index (χ3v) is 4.02. The Kier molecular flexibility index (Phi) is 7.12. The van der Waals surface area contributed by atoms with Crippen molar-refractivity contribution in [1.82, 2.24) is 5.32 Å². The van der Waals surface area contributed by atoms with Gasteiger partial charge in [-0.3, -0.25) is 0 Å². The Hall–Kier alpha value is -1.66. The number of rotatable bonds is 8. The number of thiocarbonyl (C=S) groups is 1. The molecule has 0 spiro atoms. The molecular formula is C16H20N2O2S2. The van der Waals surface area contributed by atoms with Crippen LogP contribution < -0.4 is 15.4 Å². The summed E-state index contributed by atoms with van der Waals surface area (Å²) in [5, 5.41) is 6.96. The maximum absolute atomic E-state index is 5.56. The van der Waals surface area contributed by atoms with Crippen LogP contribution in [0.25, 0.3) is 0 Å². The van der Waals surface area contributed by atoms with Gasteiger partial charge >= 0.3 is 0 Å². The first-order valence-electron chi connectivity index (χ1n) is 7.16. The van der Waals surface area contributed by atoms with E-state index in [2.05, 4.69) is 10.6 Å². The Bertz CT molecular complexity index is 573. The standard InChI is InChI=1S/C16H20N2O2S2/c1-2-19-15-8-4-3-7-14(15)18-16(21)17-9-11-22-12-13-6-5-10-20-13/h3-8,10H,2,9,11-12H2,1H3,(H2,17,18,21). The Morgan fingerprint density at radius 2 is 2.14 bits per heavy atom. The summed E-state index contributed by atoms with van der Waals surface area (Å²) >= 11 is 7.11. The molecule has 0 saturated carbocycles. The maximum atomic E-state index is 5.56. The first-order chi connectivity index (χ1) is 10.8. The molecule has 2 aromatic rings. The van der Waals surface area contributed by atoms with Crippen LogP contribution >= 0.6 is 24.0 Å². The van der Waals surface area contributed by atoms with Crippen molar-refractivity contribution in [1.29, 1.82) is 0 Å². The summed E-state index contributed by atoms with van der Waals surface area (Å²) in [4.78, 5) is 0. The van der Waals surface area contributed by atoms with E-state index < -0.39 is 0 Å². The monoisotopic (exact) mass is 336 g/mol. The highest BCUT2D eigenvalue weighted by Crippen LogP contribution is 2.23. The predicted molar refractivity (Wildman–Crippen MR) is 96.7 cm³/mol. The molecule has 118 valence electrons. The molecule has 6 heteroatoms. The zero-order valence-corrected chi connectivity index (χ0v) is 14.1. The van der Waals surface area contributed by atoms with Crippen molar-refractivity contribution in [3.8, 4) is 5.75 Å². The van der Waals surface area contributed by atoms with E-state index in [4.69, 9.17) is 21.4 Å². The lowest BCUT2D eigenvalue weighted by atomic mass is 10.3. The summed E-state index contributed by atoms with van der Waals surface area (Å²) in [6.45, 7) is 3.39. The van der Waals surface area contributed by atoms with Crippen molar-refractivity contribution < 1.29 is 9.15 Å². The summed E-state index contributed by atoms with van der Waals surface area (Å²) in [6.07, 6.45) is 1.70. The number of benzene rings is 1. The number of anilines is 1. The maximum Gasteiger partial charge on any atom is 0.170 e. The molecule has 2 rings (SSSR count). The van der Waals surface area contributed by atoms with Crippen molar-refractivity contribution in [3.05, 3.63) is 48.4 Å². The van der Waals surface area contributed by atoms with Gasteiger partial charge in [0.25, 0.3) is 0 Å². The molecular weight excluding hydrogens is 316 g/mol. The fourth-order valence-electron chi connectivity index (χ4n) is 1.82. The minimum absolute atomic E-state index is 0.603. The molecule has 0 aliphatic heterocycles. The van der Waals surface area contributed by atoms with Crippen molar-refractivity contribution in [2.24, 2.45) is 0 Å². The smallest absolute Gasteiger partial charge is 0.170 e. The third-order valence-electron chi connectivity index (χ3n) is 2.79. The summed E-state index contributed by atoms with van der Waals surface area (Å²) < 4.78 is 10.8. The van der Waals surface area contributed by atoms with Gasteiger partial charge in [-0.2, -0.15) is 11.8 Å². The fraction of sp³-hybridized carbons (Fsp3) is 0.312. The van der Waals surface area contributed by atoms with Crippen molar-refractivity contribution in [2.45, 2.75) is 12.7 Å². The Morgan fingerprint density at radius 1 is 1.27 bits per heavy atom. The highest BCUT2D eigenvalue weighted by Gasteiger charge is 2.04. The quantitative estimate of drug-likeness (QED) is 0.563. The molecule has 0 atom stereocenters. The van der Waals surface area contributed by atoms with Crippen LogP contribution in [0.4, 0.5) is 5.69 Å². The number of hydrogen-bond donors (Lipinski definition) is 2. The minimum Gasteiger partial charge on any atom is -0.492 e. The minimum atomic E-state index is 0.603. The zero-order chi connectivity index (χ0) is 15.6. The molecule has 0 bridgehead atoms. The second-order valence-corrected chi connectivity index (χ2v) is 5.96. The van der Waals surface area contributed by atoms with E-state index in [0.717, 1.165) is 35.2 Å². The van der Waals surface area contributed by atoms with Gasteiger partial charge < -0.3 is 19.8 Å². The second-order valence-electron chi connectivity index (χ2n) is 4.44. The summed E-state index contributed by atoms with van der Waals surface area (Å²) in [6, 6.07) is 11.7. The van der Waals surface area contributed by atoms with Crippen molar-refractivity contribution in [3.63, 3.8) is 0 Å². The van der Waals surface area contributed by atoms with Crippen molar-refractivity contribution in [2.75, 3.05) is 24.2 Å². The van der Waals surface area contributed by atoms with Gasteiger partial charge in [0.2, 0.25) is 0 Å². The van der Waals surface area contributed by atoms with E-state index in [9.17, 15) is 0 Å². The summed E-state index contributed by atoms with van der Waals surface area (Å²) in [7, 11) is 0. The normalized spacial score (nSPS) is 10.2. The average molecular weight is 336 g/mol. The highest BCUT2D eigenvalue weighted by molar-refractivity contribution is 7.98. The Morgan fingerprint density at radius 3 is 2.91 bits per heavy atom. The van der Waals surface area contributed by atoms with Gasteiger partial charge in [-0.1, -0.05) is 12.1 Å². The number of hydrogen-bond acceptors (Lipinski definition) is 4. The largest absolute Gasteiger partial charge is 0.492 e. The van der Waals surface area contributed by atoms with Crippen LogP contribution in [0, 0.1) is 0 Å². The van der Waals surface area contributed by atoms with Gasteiger partial charge in [-0.15, -0.1) is 0 Å². The molecule has 0 amide bonds. The van der Waals surface area contributed by atoms with Gasteiger partial charge in [-0.05, 0) is 43.4 Å². The van der Waals surface area contributed by atoms with Crippen LogP contribution in [-0.2, 0) is 5.75 Å². The molecule has 1 aromatic heterocycles. The van der Waals surface area contributed by atoms with E-state index in [1.165, 1.54) is 0 Å². The summed E-state index contributed by atoms with van der Waals surface area (Å²) in [5.74, 6) is 3.63. The van der Waals surface area contributed by atoms with Gasteiger partial charge in [0.15, 0.2) is 5.11 Å². The second kappa shape index (κ2) is 9.38. The van der Waals surface area contributed by atoms with Crippen LogP contribution in [0.1, 0.15) is 12.7 Å². The van der Waals surface area contributed by atoms with E-state index >= 15 is 0 Å². The van der Waals surface area contributed by atoms with Crippen molar-refractivity contribution >= 4 is 34.8 Å². The first kappa shape index (κ1) is 16.7. The number of thioether (sulfide) groups is 1. The molecule has 4 nitrogen and oxygen atoms in total. The van der Waals surface area contributed by atoms with Crippen LogP contribution in [0.3, 0.4) is 0 Å². The molecule has 0 fully saturated rings. The number of nitrogens with one attached hydrogen (secondary N) is 2. The topological polar surface area (TPSA) is 46.4 Å². The van der Waals surface area contributed by atoms with Crippen LogP contribution in [0.2, 0.25) is 0 Å². The molecule has 0 aliphatic rings. The van der Waals surface area contributed by atoms with E-state index in [1.54, 1.807) is 18.0 Å². The summed E-state index contributed by atoms with van der Waals surface area (Å²) in [5.41, 5.74) is 0.880. The first-order valence-corrected chi connectivity index (χ1v) is 8.72. The SMILES string of the molecule is CCOc1ccccc1NC(=S)NCCSCc1ccco1. The van der Waals surface area contributed by atoms with Crippen LogP contribution in [-0.4, -0.2) is 24.0 Å². The Balaban J connectivity index is 1.67. The lowest BCUT2D eigenvalue weighted by Crippen LogP contribution is -2.30. The van der Waals surface area contributed by atoms with Crippen LogP contribution in [0.5, 0.6) is 5.75 Å². The fourth-order valence-corrected chi connectivity index (χ4v) is 2.79. The lowest BCUT2D eigenvalue weighted by molar-refractivity contribution is 0.342. The van der Waals surface area contributed by atoms with Crippen LogP contribution in [0.15, 0.2) is 47.1 Å².